The molecule has 1 heterocycles. The van der Waals surface area contributed by atoms with Crippen LogP contribution in [0.3, 0.4) is 0 Å². The average molecular weight is 608 g/mol. The van der Waals surface area contributed by atoms with Crippen molar-refractivity contribution in [2.24, 2.45) is 0 Å². The third kappa shape index (κ3) is 4.42. The molecule has 161 valence electrons. The largest absolute Gasteiger partial charge is 0.340 e. The minimum absolute atomic E-state index is 0. The summed E-state index contributed by atoms with van der Waals surface area (Å²) in [7, 11) is -3.63. The summed E-state index contributed by atoms with van der Waals surface area (Å²) in [5.41, 5.74) is 6.17. The molecule has 4 nitrogen and oxygen atoms in total. The zero-order chi connectivity index (χ0) is 21.5. The number of imidazole rings is 1. The Kier molecular flexibility index (Phi) is 6.65. The molecule has 1 radical (unpaired) electrons. The van der Waals surface area contributed by atoms with Gasteiger partial charge in [-0.2, -0.15) is 0 Å². The van der Waals surface area contributed by atoms with E-state index in [1.165, 1.54) is 5.56 Å². The Morgan fingerprint density at radius 1 is 0.839 bits per heavy atom. The third-order valence-electron chi connectivity index (χ3n) is 5.17. The Hall–Kier alpha value is -2.53. The van der Waals surface area contributed by atoms with Crippen LogP contribution >= 0.6 is 0 Å². The Balaban J connectivity index is 0.00000272. The quantitative estimate of drug-likeness (QED) is 0.292. The van der Waals surface area contributed by atoms with Crippen LogP contribution in [-0.2, 0) is 29.9 Å². The summed E-state index contributed by atoms with van der Waals surface area (Å²) >= 11 is 0. The van der Waals surface area contributed by atoms with E-state index in [2.05, 4.69) is 44.0 Å². The maximum atomic E-state index is 13.1. The van der Waals surface area contributed by atoms with Crippen molar-refractivity contribution in [3.05, 3.63) is 95.3 Å². The third-order valence-corrected chi connectivity index (χ3v) is 6.94. The summed E-state index contributed by atoms with van der Waals surface area (Å²) in [6.45, 7) is 8.15. The van der Waals surface area contributed by atoms with Crippen molar-refractivity contribution in [1.29, 1.82) is 0 Å². The first-order chi connectivity index (χ1) is 14.3. The smallest absolute Gasteiger partial charge is 0.189 e. The first-order valence-electron chi connectivity index (χ1n) is 9.73. The summed E-state index contributed by atoms with van der Waals surface area (Å²) in [5, 5.41) is 0. The van der Waals surface area contributed by atoms with Crippen molar-refractivity contribution in [1.82, 2.24) is 9.55 Å². The van der Waals surface area contributed by atoms with Gasteiger partial charge in [0.15, 0.2) is 9.84 Å². The monoisotopic (exact) mass is 608 g/mol. The van der Waals surface area contributed by atoms with E-state index in [-0.39, 0.29) is 29.9 Å². The molecule has 0 saturated heterocycles. The molecule has 0 spiro atoms. The molecule has 0 bridgehead atoms. The zero-order valence-corrected chi connectivity index (χ0v) is 21.0. The molecule has 31 heavy (non-hydrogen) atoms. The Labute approximate surface area is 197 Å². The molecule has 0 aliphatic rings. The topological polar surface area (TPSA) is 52.0 Å². The Morgan fingerprint density at radius 3 is 2.13 bits per heavy atom. The van der Waals surface area contributed by atoms with E-state index < -0.39 is 9.84 Å². The van der Waals surface area contributed by atoms with Gasteiger partial charge >= 0.3 is 0 Å². The fourth-order valence-corrected chi connectivity index (χ4v) is 5.12. The van der Waals surface area contributed by atoms with Crippen LogP contribution in [0.4, 0.5) is 0 Å². The van der Waals surface area contributed by atoms with Gasteiger partial charge in [-0.25, -0.2) is 8.42 Å². The maximum Gasteiger partial charge on any atom is 0.189 e. The number of hydrogen-bond acceptors (Lipinski definition) is 3. The summed E-state index contributed by atoms with van der Waals surface area (Å²) in [5.74, 6) is 0.658. The SMILES string of the molecule is Cc1ccc(S(=O)(=O)c2cc[c-]c(-c3nccn3-c3c(C)cc(C)cc3C)c2)cc1.[Ir]. The first kappa shape index (κ1) is 23.1. The summed E-state index contributed by atoms with van der Waals surface area (Å²) in [4.78, 5) is 5.02. The second kappa shape index (κ2) is 8.91. The van der Waals surface area contributed by atoms with Gasteiger partial charge in [0.1, 0.15) is 0 Å². The minimum Gasteiger partial charge on any atom is -0.340 e. The zero-order valence-electron chi connectivity index (χ0n) is 17.8. The number of sulfone groups is 1. The van der Waals surface area contributed by atoms with Crippen LogP contribution in [0, 0.1) is 33.8 Å². The van der Waals surface area contributed by atoms with Gasteiger partial charge < -0.3 is 4.57 Å². The van der Waals surface area contributed by atoms with E-state index in [0.717, 1.165) is 22.4 Å². The van der Waals surface area contributed by atoms with Crippen molar-refractivity contribution in [3.8, 4) is 17.1 Å². The van der Waals surface area contributed by atoms with Crippen LogP contribution in [0.2, 0.25) is 0 Å². The second-order valence-corrected chi connectivity index (χ2v) is 9.57. The maximum absolute atomic E-state index is 13.1. The van der Waals surface area contributed by atoms with Gasteiger partial charge in [0.2, 0.25) is 0 Å². The fraction of sp³-hybridized carbons (Fsp3) is 0.160. The number of aryl methyl sites for hydroxylation is 4. The molecule has 0 atom stereocenters. The van der Waals surface area contributed by atoms with Crippen molar-refractivity contribution >= 4 is 9.84 Å². The number of benzene rings is 3. The molecule has 4 aromatic rings. The van der Waals surface area contributed by atoms with Crippen molar-refractivity contribution in [2.45, 2.75) is 37.5 Å². The number of rotatable bonds is 4. The van der Waals surface area contributed by atoms with E-state index in [0.29, 0.717) is 11.4 Å². The number of hydrogen-bond donors (Lipinski definition) is 0. The molecule has 0 N–H and O–H groups in total. The summed E-state index contributed by atoms with van der Waals surface area (Å²) in [6, 6.07) is 19.2. The number of nitrogens with zero attached hydrogens (tertiary/aromatic N) is 2. The molecule has 0 amide bonds. The van der Waals surface area contributed by atoms with Gasteiger partial charge in [-0.3, -0.25) is 4.98 Å². The van der Waals surface area contributed by atoms with E-state index in [4.69, 9.17) is 0 Å². The molecule has 3 aromatic carbocycles. The molecule has 0 unspecified atom stereocenters. The molecule has 4 rings (SSSR count). The molecule has 6 heteroatoms. The first-order valence-corrected chi connectivity index (χ1v) is 11.2. The van der Waals surface area contributed by atoms with E-state index in [9.17, 15) is 8.42 Å². The fourth-order valence-electron chi connectivity index (χ4n) is 3.83. The minimum atomic E-state index is -3.63. The van der Waals surface area contributed by atoms with Gasteiger partial charge in [-0.05, 0) is 55.9 Å². The van der Waals surface area contributed by atoms with Gasteiger partial charge in [0.05, 0.1) is 10.7 Å². The number of aromatic nitrogens is 2. The van der Waals surface area contributed by atoms with Crippen LogP contribution < -0.4 is 0 Å². The molecular formula is C25H23IrN2O2S-. The molecule has 0 aliphatic carbocycles. The van der Waals surface area contributed by atoms with Crippen LogP contribution in [0.5, 0.6) is 0 Å². The van der Waals surface area contributed by atoms with E-state index in [1.807, 2.05) is 17.7 Å². The molecule has 1 aromatic heterocycles. The van der Waals surface area contributed by atoms with Crippen LogP contribution in [0.25, 0.3) is 17.1 Å². The second-order valence-electron chi connectivity index (χ2n) is 7.62. The van der Waals surface area contributed by atoms with Crippen LogP contribution in [0.15, 0.2) is 76.8 Å². The normalized spacial score (nSPS) is 11.2. The predicted molar refractivity (Wildman–Crippen MR) is 119 cm³/mol. The molecule has 0 aliphatic heterocycles. The summed E-state index contributed by atoms with van der Waals surface area (Å²) < 4.78 is 28.3. The summed E-state index contributed by atoms with van der Waals surface area (Å²) in [6.07, 6.45) is 3.62. The van der Waals surface area contributed by atoms with Crippen molar-refractivity contribution in [2.75, 3.05) is 0 Å². The van der Waals surface area contributed by atoms with Crippen LogP contribution in [0.1, 0.15) is 22.3 Å². The van der Waals surface area contributed by atoms with Crippen molar-refractivity contribution < 1.29 is 28.5 Å². The average Bonchev–Trinajstić information content (AvgIpc) is 3.17. The molecule has 0 fully saturated rings. The van der Waals surface area contributed by atoms with Crippen molar-refractivity contribution in [3.63, 3.8) is 0 Å². The Morgan fingerprint density at radius 2 is 1.48 bits per heavy atom. The predicted octanol–water partition coefficient (Wildman–Crippen LogP) is 5.40. The van der Waals surface area contributed by atoms with E-state index in [1.54, 1.807) is 48.7 Å². The standard InChI is InChI=1S/C25H23N2O2S.Ir/c1-17-8-10-22(11-9-17)30(28,29)23-7-5-6-21(16-23)25-26-12-13-27(25)24-19(3)14-18(2)15-20(24)4;/h5,7-16H,1-4H3;/q-1;. The van der Waals surface area contributed by atoms with E-state index >= 15 is 0 Å². The Bertz CT molecular complexity index is 1320. The van der Waals surface area contributed by atoms with Gasteiger partial charge in [-0.15, -0.1) is 29.8 Å². The van der Waals surface area contributed by atoms with Gasteiger partial charge in [0, 0.05) is 38.2 Å². The van der Waals surface area contributed by atoms with Gasteiger partial charge in [0.25, 0.3) is 0 Å². The molecule has 0 saturated carbocycles. The molecular weight excluding hydrogens is 585 g/mol. The van der Waals surface area contributed by atoms with Gasteiger partial charge in [-0.1, -0.05) is 35.4 Å². The van der Waals surface area contributed by atoms with Crippen LogP contribution in [-0.4, -0.2) is 18.0 Å².